The molecular weight excluding hydrogens is 348 g/mol. The van der Waals surface area contributed by atoms with Gasteiger partial charge in [0.05, 0.1) is 11.9 Å². The molecule has 1 fully saturated rings. The lowest BCUT2D eigenvalue weighted by Gasteiger charge is -2.25. The number of rotatable bonds is 4. The molecule has 1 aliphatic carbocycles. The second-order valence-electron chi connectivity index (χ2n) is 7.81. The van der Waals surface area contributed by atoms with Crippen LogP contribution in [0.15, 0.2) is 48.8 Å². The average molecular weight is 370 g/mol. The highest BCUT2D eigenvalue weighted by atomic mass is 16.2. The van der Waals surface area contributed by atoms with Crippen LogP contribution in [-0.2, 0) is 12.8 Å². The summed E-state index contributed by atoms with van der Waals surface area (Å²) in [5.41, 5.74) is 7.07. The number of amides is 1. The van der Waals surface area contributed by atoms with E-state index in [0.29, 0.717) is 6.54 Å². The van der Waals surface area contributed by atoms with Crippen LogP contribution in [0.5, 0.6) is 0 Å². The smallest absolute Gasteiger partial charge is 0.254 e. The van der Waals surface area contributed by atoms with Crippen LogP contribution >= 0.6 is 0 Å². The van der Waals surface area contributed by atoms with Crippen LogP contribution in [0.25, 0.3) is 11.4 Å². The minimum Gasteiger partial charge on any atom is -0.341 e. The second-order valence-corrected chi connectivity index (χ2v) is 7.81. The maximum atomic E-state index is 12.5. The fraction of sp³-hybridized carbons (Fsp3) is 0.304. The highest BCUT2D eigenvalue weighted by Crippen LogP contribution is 2.40. The summed E-state index contributed by atoms with van der Waals surface area (Å²) in [6, 6.07) is 12.7. The molecule has 1 aromatic carbocycles. The molecule has 1 saturated carbocycles. The van der Waals surface area contributed by atoms with Crippen molar-refractivity contribution in [2.24, 2.45) is 0 Å². The normalized spacial score (nSPS) is 16.2. The summed E-state index contributed by atoms with van der Waals surface area (Å²) in [4.78, 5) is 18.8. The van der Waals surface area contributed by atoms with Crippen LogP contribution in [0.4, 0.5) is 0 Å². The average Bonchev–Trinajstić information content (AvgIpc) is 3.56. The number of aromatic nitrogens is 3. The number of carbonyl (C=O) groups is 1. The molecule has 5 heteroatoms. The lowest BCUT2D eigenvalue weighted by atomic mass is 9.96. The van der Waals surface area contributed by atoms with Crippen molar-refractivity contribution in [2.75, 3.05) is 13.6 Å². The summed E-state index contributed by atoms with van der Waals surface area (Å²) in [7, 11) is 1.83. The largest absolute Gasteiger partial charge is 0.341 e. The Morgan fingerprint density at radius 3 is 2.89 bits per heavy atom. The van der Waals surface area contributed by atoms with Gasteiger partial charge >= 0.3 is 0 Å². The van der Waals surface area contributed by atoms with Gasteiger partial charge in [-0.25, -0.2) is 0 Å². The lowest BCUT2D eigenvalue weighted by Crippen LogP contribution is -2.34. The third-order valence-corrected chi connectivity index (χ3v) is 5.69. The quantitative estimate of drug-likeness (QED) is 0.704. The molecule has 3 heterocycles. The van der Waals surface area contributed by atoms with E-state index in [1.54, 1.807) is 17.2 Å². The molecule has 2 aliphatic rings. The van der Waals surface area contributed by atoms with Gasteiger partial charge in [0.25, 0.3) is 5.91 Å². The molecule has 0 spiro atoms. The predicted octanol–water partition coefficient (Wildman–Crippen LogP) is 3.63. The zero-order valence-electron chi connectivity index (χ0n) is 15.9. The topological polar surface area (TPSA) is 59.0 Å². The van der Waals surface area contributed by atoms with E-state index in [4.69, 9.17) is 0 Å². The second kappa shape index (κ2) is 6.82. The molecule has 0 atom stereocenters. The number of hydrogen-bond donors (Lipinski definition) is 0. The molecule has 0 unspecified atom stereocenters. The Balaban J connectivity index is 1.47. The molecule has 140 valence electrons. The number of nitrogens with zero attached hydrogens (tertiary/aromatic N) is 4. The molecule has 28 heavy (non-hydrogen) atoms. The standard InChI is InChI=1S/C23H22N4O/c1-27-10-8-19-20(23(27)28)7-9-24-22(19)21-13-16(14-25-26-21)11-15-3-2-4-18(12-15)17-5-6-17/h2-4,7,9,12-14,17H,5-6,8,10-11H2,1H3. The van der Waals surface area contributed by atoms with Crippen LogP contribution < -0.4 is 0 Å². The molecule has 5 nitrogen and oxygen atoms in total. The van der Waals surface area contributed by atoms with E-state index in [0.717, 1.165) is 46.8 Å². The summed E-state index contributed by atoms with van der Waals surface area (Å²) >= 11 is 0. The van der Waals surface area contributed by atoms with Gasteiger partial charge in [0.2, 0.25) is 0 Å². The Labute approximate surface area is 164 Å². The minimum absolute atomic E-state index is 0.0471. The van der Waals surface area contributed by atoms with Crippen molar-refractivity contribution in [3.63, 3.8) is 0 Å². The number of pyridine rings is 1. The van der Waals surface area contributed by atoms with Gasteiger partial charge in [-0.05, 0) is 66.0 Å². The highest BCUT2D eigenvalue weighted by Gasteiger charge is 2.25. The molecule has 3 aromatic rings. The number of benzene rings is 1. The summed E-state index contributed by atoms with van der Waals surface area (Å²) in [5, 5.41) is 8.55. The maximum absolute atomic E-state index is 12.5. The van der Waals surface area contributed by atoms with Gasteiger partial charge in [0.1, 0.15) is 5.69 Å². The van der Waals surface area contributed by atoms with E-state index < -0.39 is 0 Å². The fourth-order valence-corrected chi connectivity index (χ4v) is 3.98. The van der Waals surface area contributed by atoms with Crippen LogP contribution in [0.1, 0.15) is 51.4 Å². The Bertz CT molecular complexity index is 1060. The van der Waals surface area contributed by atoms with E-state index in [1.807, 2.05) is 13.2 Å². The van der Waals surface area contributed by atoms with Crippen LogP contribution in [0, 0.1) is 0 Å². The third kappa shape index (κ3) is 3.17. The molecule has 1 amide bonds. The number of fused-ring (bicyclic) bond motifs is 1. The first-order valence-electron chi connectivity index (χ1n) is 9.83. The van der Waals surface area contributed by atoms with Gasteiger partial charge in [-0.2, -0.15) is 5.10 Å². The van der Waals surface area contributed by atoms with Crippen LogP contribution in [0.3, 0.4) is 0 Å². The van der Waals surface area contributed by atoms with Gasteiger partial charge in [0.15, 0.2) is 0 Å². The van der Waals surface area contributed by atoms with E-state index in [1.165, 1.54) is 24.0 Å². The van der Waals surface area contributed by atoms with Gasteiger partial charge in [-0.15, -0.1) is 5.10 Å². The van der Waals surface area contributed by atoms with Crippen molar-refractivity contribution in [2.45, 2.75) is 31.6 Å². The Morgan fingerprint density at radius 1 is 1.14 bits per heavy atom. The van der Waals surface area contributed by atoms with Gasteiger partial charge in [0, 0.05) is 25.4 Å². The summed E-state index contributed by atoms with van der Waals surface area (Å²) in [5.74, 6) is 0.799. The molecule has 0 radical (unpaired) electrons. The van der Waals surface area contributed by atoms with E-state index in [2.05, 4.69) is 45.5 Å². The van der Waals surface area contributed by atoms with Crippen LogP contribution in [0.2, 0.25) is 0 Å². The molecule has 0 saturated heterocycles. The predicted molar refractivity (Wildman–Crippen MR) is 107 cm³/mol. The highest BCUT2D eigenvalue weighted by molar-refractivity contribution is 5.98. The first kappa shape index (κ1) is 17.0. The molecular formula is C23H22N4O. The molecule has 0 N–H and O–H groups in total. The first-order valence-corrected chi connectivity index (χ1v) is 9.83. The van der Waals surface area contributed by atoms with E-state index in [9.17, 15) is 4.79 Å². The summed E-state index contributed by atoms with van der Waals surface area (Å²) in [6.07, 6.45) is 7.74. The van der Waals surface area contributed by atoms with E-state index in [-0.39, 0.29) is 5.91 Å². The maximum Gasteiger partial charge on any atom is 0.254 e. The molecule has 1 aliphatic heterocycles. The fourth-order valence-electron chi connectivity index (χ4n) is 3.98. The van der Waals surface area contributed by atoms with Crippen molar-refractivity contribution < 1.29 is 4.79 Å². The molecule has 0 bridgehead atoms. The van der Waals surface area contributed by atoms with Crippen LogP contribution in [-0.4, -0.2) is 39.6 Å². The monoisotopic (exact) mass is 370 g/mol. The van der Waals surface area contributed by atoms with Crippen molar-refractivity contribution in [3.05, 3.63) is 76.6 Å². The summed E-state index contributed by atoms with van der Waals surface area (Å²) < 4.78 is 0. The van der Waals surface area contributed by atoms with Crippen molar-refractivity contribution in [1.82, 2.24) is 20.1 Å². The van der Waals surface area contributed by atoms with Crippen molar-refractivity contribution in [3.8, 4) is 11.4 Å². The van der Waals surface area contributed by atoms with Crippen molar-refractivity contribution >= 4 is 5.91 Å². The lowest BCUT2D eigenvalue weighted by molar-refractivity contribution is 0.0781. The zero-order valence-corrected chi connectivity index (χ0v) is 15.9. The molecule has 2 aromatic heterocycles. The first-order chi connectivity index (χ1) is 13.7. The summed E-state index contributed by atoms with van der Waals surface area (Å²) in [6.45, 7) is 0.700. The number of likely N-dealkylation sites (N-methyl/N-ethyl adjacent to an activating group) is 1. The van der Waals surface area contributed by atoms with Gasteiger partial charge in [-0.3, -0.25) is 9.78 Å². The Hall–Kier alpha value is -3.08. The Kier molecular flexibility index (Phi) is 4.15. The number of carbonyl (C=O) groups excluding carboxylic acids is 1. The van der Waals surface area contributed by atoms with Crippen molar-refractivity contribution in [1.29, 1.82) is 0 Å². The minimum atomic E-state index is 0.0471. The SMILES string of the molecule is CN1CCc2c(ccnc2-c2cc(Cc3cccc(C4CC4)c3)cnn2)C1=O. The number of hydrogen-bond acceptors (Lipinski definition) is 4. The van der Waals surface area contributed by atoms with Gasteiger partial charge in [-0.1, -0.05) is 24.3 Å². The molecule has 5 rings (SSSR count). The van der Waals surface area contributed by atoms with Gasteiger partial charge < -0.3 is 4.90 Å². The van der Waals surface area contributed by atoms with E-state index >= 15 is 0 Å². The zero-order chi connectivity index (χ0) is 19.1. The third-order valence-electron chi connectivity index (χ3n) is 5.69. The Morgan fingerprint density at radius 2 is 2.04 bits per heavy atom.